The van der Waals surface area contributed by atoms with Crippen LogP contribution in [-0.2, 0) is 9.59 Å². The van der Waals surface area contributed by atoms with Gasteiger partial charge in [0.15, 0.2) is 0 Å². The second-order valence-electron chi connectivity index (χ2n) is 1.15. The van der Waals surface area contributed by atoms with Crippen molar-refractivity contribution < 1.29 is 14.7 Å². The van der Waals surface area contributed by atoms with Gasteiger partial charge in [0.1, 0.15) is 0 Å². The number of hydrogen-bond donors (Lipinski definition) is 2. The van der Waals surface area contributed by atoms with Crippen molar-refractivity contribution in [1.82, 2.24) is 0 Å². The molecular weight excluding hydrogens is 173 g/mol. The van der Waals surface area contributed by atoms with Gasteiger partial charge >= 0.3 is 5.97 Å². The molecule has 0 saturated heterocycles. The zero-order chi connectivity index (χ0) is 8.57. The van der Waals surface area contributed by atoms with Crippen LogP contribution in [0, 0.1) is 0 Å². The number of carbonyl (C=O) groups is 2. The Morgan fingerprint density at radius 2 is 1.45 bits per heavy atom. The zero-order valence-electron chi connectivity index (χ0n) is 6.41. The van der Waals surface area contributed by atoms with Crippen LogP contribution in [0.5, 0.6) is 0 Å². The maximum atomic E-state index is 9.47. The van der Waals surface area contributed by atoms with Gasteiger partial charge in [-0.1, -0.05) is 13.2 Å². The fourth-order valence-corrected chi connectivity index (χ4v) is 0. The second kappa shape index (κ2) is 12.7. The summed E-state index contributed by atoms with van der Waals surface area (Å²) in [5, 5.41) is 7.60. The molecule has 0 atom stereocenters. The molecule has 0 aromatic heterocycles. The molecule has 0 fully saturated rings. The van der Waals surface area contributed by atoms with Crippen LogP contribution in [0.1, 0.15) is 0 Å². The predicted molar refractivity (Wildman–Crippen MR) is 43.0 cm³/mol. The largest absolute Gasteiger partial charge is 0.478 e. The van der Waals surface area contributed by atoms with E-state index >= 15 is 0 Å². The predicted octanol–water partition coefficient (Wildman–Crippen LogP) is -0.466. The summed E-state index contributed by atoms with van der Waals surface area (Å²) in [4.78, 5) is 18.7. The number of carboxylic acid groups (broad SMARTS) is 1. The van der Waals surface area contributed by atoms with Crippen molar-refractivity contribution in [3.8, 4) is 0 Å². The van der Waals surface area contributed by atoms with Crippen LogP contribution in [0.4, 0.5) is 0 Å². The van der Waals surface area contributed by atoms with E-state index in [0.717, 1.165) is 12.2 Å². The Balaban J connectivity index is -0.000000107. The van der Waals surface area contributed by atoms with Crippen molar-refractivity contribution in [2.24, 2.45) is 5.73 Å². The maximum absolute atomic E-state index is 9.47. The van der Waals surface area contributed by atoms with Crippen LogP contribution in [0.3, 0.4) is 0 Å². The molecule has 0 saturated carbocycles. The number of hydrogen-bond acceptors (Lipinski definition) is 2. The summed E-state index contributed by atoms with van der Waals surface area (Å²) in [5.74, 6) is -1.46. The van der Waals surface area contributed by atoms with E-state index in [-0.39, 0.29) is 51.4 Å². The van der Waals surface area contributed by atoms with Crippen molar-refractivity contribution in [2.45, 2.75) is 0 Å². The molecule has 0 aromatic rings. The van der Waals surface area contributed by atoms with Crippen LogP contribution in [-0.4, -0.2) is 68.4 Å². The van der Waals surface area contributed by atoms with E-state index in [1.807, 2.05) is 0 Å². The Hall–Kier alpha value is 0.0564. The minimum Gasteiger partial charge on any atom is -0.478 e. The summed E-state index contributed by atoms with van der Waals surface area (Å²) >= 11 is 0. The second-order valence-corrected chi connectivity index (χ2v) is 1.15. The quantitative estimate of drug-likeness (QED) is 0.447. The molecule has 0 heterocycles. The molecule has 0 aliphatic heterocycles. The summed E-state index contributed by atoms with van der Waals surface area (Å²) in [5.41, 5.74) is 4.53. The summed E-state index contributed by atoms with van der Waals surface area (Å²) < 4.78 is 0. The van der Waals surface area contributed by atoms with Crippen LogP contribution in [0.2, 0.25) is 0 Å². The van der Waals surface area contributed by atoms with E-state index in [2.05, 4.69) is 18.9 Å². The fraction of sp³-hybridized carbons (Fsp3) is 0. The summed E-state index contributed by atoms with van der Waals surface area (Å²) in [6, 6.07) is 0. The van der Waals surface area contributed by atoms with Crippen molar-refractivity contribution in [3.05, 3.63) is 25.3 Å². The van der Waals surface area contributed by atoms with Crippen molar-refractivity contribution in [1.29, 1.82) is 0 Å². The first-order valence-electron chi connectivity index (χ1n) is 2.31. The topological polar surface area (TPSA) is 80.4 Å². The van der Waals surface area contributed by atoms with Gasteiger partial charge in [0.2, 0.25) is 5.91 Å². The first-order valence-corrected chi connectivity index (χ1v) is 2.31. The van der Waals surface area contributed by atoms with E-state index in [9.17, 15) is 9.59 Å². The first kappa shape index (κ1) is 17.2. The summed E-state index contributed by atoms with van der Waals surface area (Å²) in [7, 11) is 0. The number of carbonyl (C=O) groups excluding carboxylic acids is 1. The number of aliphatic carboxylic acids is 1. The molecule has 57 valence electrons. The average molecular weight is 182 g/mol. The summed E-state index contributed by atoms with van der Waals surface area (Å²) in [6.07, 6.45) is 1.89. The molecule has 11 heavy (non-hydrogen) atoms. The molecule has 0 aliphatic carbocycles. The molecule has 0 rings (SSSR count). The Labute approximate surface area is 108 Å². The zero-order valence-corrected chi connectivity index (χ0v) is 9.53. The van der Waals surface area contributed by atoms with Gasteiger partial charge in [-0.2, -0.15) is 0 Å². The van der Waals surface area contributed by atoms with E-state index < -0.39 is 11.9 Å². The Bertz CT molecular complexity index is 138. The molecule has 1 amide bonds. The SMILES string of the molecule is C=CC(=O)O.C=CC(N)=O.[K]. The molecule has 0 aliphatic rings. The first-order chi connectivity index (χ1) is 4.54. The van der Waals surface area contributed by atoms with Crippen LogP contribution in [0.15, 0.2) is 25.3 Å². The molecule has 0 bridgehead atoms. The Morgan fingerprint density at radius 1 is 1.27 bits per heavy atom. The minimum absolute atomic E-state index is 0. The van der Waals surface area contributed by atoms with Crippen LogP contribution < -0.4 is 5.73 Å². The van der Waals surface area contributed by atoms with Crippen molar-refractivity contribution in [3.63, 3.8) is 0 Å². The Morgan fingerprint density at radius 3 is 1.45 bits per heavy atom. The molecule has 0 unspecified atom stereocenters. The third-order valence-corrected chi connectivity index (χ3v) is 0.376. The van der Waals surface area contributed by atoms with Gasteiger partial charge in [-0.05, 0) is 6.08 Å². The van der Waals surface area contributed by atoms with Gasteiger partial charge in [-0.15, -0.1) is 0 Å². The monoisotopic (exact) mass is 182 g/mol. The van der Waals surface area contributed by atoms with E-state index in [1.54, 1.807) is 0 Å². The smallest absolute Gasteiger partial charge is 0.327 e. The minimum atomic E-state index is -0.981. The van der Waals surface area contributed by atoms with Gasteiger partial charge in [0.05, 0.1) is 0 Å². The van der Waals surface area contributed by atoms with Crippen molar-refractivity contribution in [2.75, 3.05) is 0 Å². The number of amides is 1. The molecule has 0 aromatic carbocycles. The third-order valence-electron chi connectivity index (χ3n) is 0.376. The molecule has 3 N–H and O–H groups in total. The average Bonchev–Trinajstić information content (AvgIpc) is 1.89. The normalized spacial score (nSPS) is 5.82. The number of primary amides is 1. The van der Waals surface area contributed by atoms with Gasteiger partial charge in [0.25, 0.3) is 0 Å². The molecule has 5 heteroatoms. The van der Waals surface area contributed by atoms with E-state index in [0.29, 0.717) is 0 Å². The number of rotatable bonds is 2. The van der Waals surface area contributed by atoms with Gasteiger partial charge in [0, 0.05) is 57.5 Å². The van der Waals surface area contributed by atoms with Crippen LogP contribution >= 0.6 is 0 Å². The van der Waals surface area contributed by atoms with Gasteiger partial charge in [-0.25, -0.2) is 4.79 Å². The number of nitrogens with two attached hydrogens (primary N) is 1. The van der Waals surface area contributed by atoms with Gasteiger partial charge < -0.3 is 10.8 Å². The summed E-state index contributed by atoms with van der Waals surface area (Å²) in [6.45, 7) is 6.05. The molecule has 0 spiro atoms. The third kappa shape index (κ3) is 39.7. The van der Waals surface area contributed by atoms with Crippen molar-refractivity contribution >= 4 is 63.3 Å². The standard InChI is InChI=1S/C3H5NO.C3H4O2.K/c2*1-2-3(4)5;/h2H,1H2,(H2,4,5);2H,1H2,(H,4,5);. The van der Waals surface area contributed by atoms with E-state index in [1.165, 1.54) is 0 Å². The van der Waals surface area contributed by atoms with Crippen LogP contribution in [0.25, 0.3) is 0 Å². The van der Waals surface area contributed by atoms with Gasteiger partial charge in [-0.3, -0.25) is 4.79 Å². The number of carboxylic acids is 1. The molecular formula is C6H9KNO3. The Kier molecular flexibility index (Phi) is 19.9. The molecule has 4 nitrogen and oxygen atoms in total. The molecule has 1 radical (unpaired) electrons. The maximum Gasteiger partial charge on any atom is 0.327 e. The van der Waals surface area contributed by atoms with E-state index in [4.69, 9.17) is 5.11 Å². The fourth-order valence-electron chi connectivity index (χ4n) is 0.